The van der Waals surface area contributed by atoms with Crippen molar-refractivity contribution in [3.05, 3.63) is 82.9 Å². The molecule has 0 aliphatic heterocycles. The monoisotopic (exact) mass is 406 g/mol. The minimum absolute atomic E-state index is 0.109. The highest BCUT2D eigenvalue weighted by molar-refractivity contribution is 7.99. The van der Waals surface area contributed by atoms with E-state index in [9.17, 15) is 9.59 Å². The number of carbonyl (C=O) groups is 1. The smallest absolute Gasteiger partial charge is 0.258 e. The van der Waals surface area contributed by atoms with E-state index in [-0.39, 0.29) is 17.2 Å². The molecule has 29 heavy (non-hydrogen) atoms. The number of carbonyl (C=O) groups excluding carboxylic acids is 1. The molecule has 0 aliphatic rings. The van der Waals surface area contributed by atoms with Gasteiger partial charge in [-0.3, -0.25) is 9.59 Å². The van der Waals surface area contributed by atoms with Crippen LogP contribution in [0, 0.1) is 0 Å². The van der Waals surface area contributed by atoms with E-state index in [2.05, 4.69) is 25.4 Å². The predicted octanol–water partition coefficient (Wildman–Crippen LogP) is 2.43. The Kier molecular flexibility index (Phi) is 5.66. The second kappa shape index (κ2) is 8.70. The molecule has 0 fully saturated rings. The molecule has 0 aliphatic carbocycles. The molecule has 0 saturated carbocycles. The highest BCUT2D eigenvalue weighted by atomic mass is 32.2. The second-order valence-electron chi connectivity index (χ2n) is 6.36. The Balaban J connectivity index is 1.28. The number of nitrogens with one attached hydrogen (secondary N) is 2. The Labute approximate surface area is 170 Å². The maximum atomic E-state index is 12.2. The molecule has 0 radical (unpaired) electrons. The third kappa shape index (κ3) is 4.88. The van der Waals surface area contributed by atoms with E-state index in [0.29, 0.717) is 29.0 Å². The van der Waals surface area contributed by atoms with Gasteiger partial charge in [-0.2, -0.15) is 5.10 Å². The molecule has 0 unspecified atom stereocenters. The van der Waals surface area contributed by atoms with Crippen LogP contribution >= 0.6 is 11.8 Å². The summed E-state index contributed by atoms with van der Waals surface area (Å²) in [6, 6.07) is 14.8. The Hall–Kier alpha value is -3.46. The molecule has 2 aromatic heterocycles. The van der Waals surface area contributed by atoms with E-state index in [1.807, 2.05) is 30.3 Å². The maximum Gasteiger partial charge on any atom is 0.258 e. The van der Waals surface area contributed by atoms with Gasteiger partial charge in [0, 0.05) is 5.69 Å². The normalized spacial score (nSPS) is 10.9. The fourth-order valence-electron chi connectivity index (χ4n) is 2.84. The molecular formula is C20H18N6O2S. The van der Waals surface area contributed by atoms with Crippen molar-refractivity contribution in [2.45, 2.75) is 12.3 Å². The molecule has 0 saturated heterocycles. The average Bonchev–Trinajstić information content (AvgIpc) is 3.23. The first-order valence-corrected chi connectivity index (χ1v) is 10.1. The van der Waals surface area contributed by atoms with Crippen LogP contribution in [0.5, 0.6) is 0 Å². The summed E-state index contributed by atoms with van der Waals surface area (Å²) in [6.45, 7) is 0.626. The van der Waals surface area contributed by atoms with Crippen molar-refractivity contribution < 1.29 is 4.79 Å². The lowest BCUT2D eigenvalue weighted by molar-refractivity contribution is -0.113. The minimum atomic E-state index is -0.165. The van der Waals surface area contributed by atoms with Gasteiger partial charge in [-0.1, -0.05) is 24.3 Å². The van der Waals surface area contributed by atoms with E-state index >= 15 is 0 Å². The molecular weight excluding hydrogens is 388 g/mol. The van der Waals surface area contributed by atoms with Gasteiger partial charge in [0.25, 0.3) is 5.56 Å². The first-order valence-electron chi connectivity index (χ1n) is 8.94. The molecule has 2 N–H and O–H groups in total. The molecule has 0 atom stereocenters. The van der Waals surface area contributed by atoms with Crippen LogP contribution in [0.1, 0.15) is 11.4 Å². The topological polar surface area (TPSA) is 106 Å². The van der Waals surface area contributed by atoms with Gasteiger partial charge in [-0.05, 0) is 29.8 Å². The summed E-state index contributed by atoms with van der Waals surface area (Å²) in [5.74, 6) is 1.16. The lowest BCUT2D eigenvalue weighted by Crippen LogP contribution is -2.15. The highest BCUT2D eigenvalue weighted by Gasteiger charge is 2.07. The summed E-state index contributed by atoms with van der Waals surface area (Å²) >= 11 is 1.39. The number of fused-ring (bicyclic) bond motifs is 1. The van der Waals surface area contributed by atoms with Crippen LogP contribution in [0.4, 0.5) is 5.69 Å². The van der Waals surface area contributed by atoms with Crippen LogP contribution in [0.25, 0.3) is 10.9 Å². The van der Waals surface area contributed by atoms with Crippen molar-refractivity contribution >= 4 is 34.3 Å². The van der Waals surface area contributed by atoms with E-state index in [0.717, 1.165) is 11.3 Å². The number of rotatable bonds is 7. The van der Waals surface area contributed by atoms with Crippen molar-refractivity contribution in [1.82, 2.24) is 24.7 Å². The Morgan fingerprint density at radius 2 is 1.97 bits per heavy atom. The first kappa shape index (κ1) is 18.9. The van der Waals surface area contributed by atoms with Crippen LogP contribution in [0.15, 0.2) is 66.0 Å². The lowest BCUT2D eigenvalue weighted by atomic mass is 10.2. The van der Waals surface area contributed by atoms with Gasteiger partial charge < -0.3 is 10.3 Å². The van der Waals surface area contributed by atoms with Crippen LogP contribution in [-0.4, -0.2) is 36.4 Å². The molecule has 0 spiro atoms. The molecule has 4 aromatic rings. The van der Waals surface area contributed by atoms with Crippen LogP contribution in [-0.2, 0) is 17.1 Å². The molecule has 1 amide bonds. The van der Waals surface area contributed by atoms with E-state index in [1.54, 1.807) is 29.2 Å². The van der Waals surface area contributed by atoms with Crippen molar-refractivity contribution in [1.29, 1.82) is 0 Å². The number of aromatic amines is 1. The largest absolute Gasteiger partial charge is 0.325 e. The lowest BCUT2D eigenvalue weighted by Gasteiger charge is -2.07. The van der Waals surface area contributed by atoms with Gasteiger partial charge in [0.2, 0.25) is 5.91 Å². The standard InChI is InChI=1S/C20H18N6O2S/c27-19(23-15-7-5-14(6-8-15)9-26-13-21-12-22-26)11-29-10-18-24-17-4-2-1-3-16(17)20(28)25-18/h1-8,12-13H,9-11H2,(H,23,27)(H,24,25,28). The number of aromatic nitrogens is 5. The number of thioether (sulfide) groups is 1. The summed E-state index contributed by atoms with van der Waals surface area (Å²) in [6.07, 6.45) is 3.15. The van der Waals surface area contributed by atoms with Gasteiger partial charge in [-0.25, -0.2) is 14.6 Å². The van der Waals surface area contributed by atoms with Gasteiger partial charge >= 0.3 is 0 Å². The fourth-order valence-corrected chi connectivity index (χ4v) is 3.53. The summed E-state index contributed by atoms with van der Waals surface area (Å²) in [5, 5.41) is 7.50. The molecule has 2 heterocycles. The summed E-state index contributed by atoms with van der Waals surface area (Å²) in [4.78, 5) is 35.4. The van der Waals surface area contributed by atoms with Crippen LogP contribution in [0.2, 0.25) is 0 Å². The number of nitrogens with zero attached hydrogens (tertiary/aromatic N) is 4. The minimum Gasteiger partial charge on any atom is -0.325 e. The molecule has 9 heteroatoms. The zero-order chi connectivity index (χ0) is 20.1. The van der Waals surface area contributed by atoms with Gasteiger partial charge in [0.05, 0.1) is 29.0 Å². The molecule has 4 rings (SSSR count). The number of amides is 1. The van der Waals surface area contributed by atoms with Crippen LogP contribution in [0.3, 0.4) is 0 Å². The quantitative estimate of drug-likeness (QED) is 0.488. The Bertz CT molecular complexity index is 1170. The number of anilines is 1. The van der Waals surface area contributed by atoms with E-state index in [1.165, 1.54) is 18.1 Å². The van der Waals surface area contributed by atoms with Gasteiger partial charge in [0.1, 0.15) is 18.5 Å². The summed E-state index contributed by atoms with van der Waals surface area (Å²) in [7, 11) is 0. The first-order chi connectivity index (χ1) is 14.2. The number of hydrogen-bond donors (Lipinski definition) is 2. The molecule has 8 nitrogen and oxygen atoms in total. The van der Waals surface area contributed by atoms with Gasteiger partial charge in [0.15, 0.2) is 0 Å². The second-order valence-corrected chi connectivity index (χ2v) is 7.35. The highest BCUT2D eigenvalue weighted by Crippen LogP contribution is 2.14. The van der Waals surface area contributed by atoms with Crippen molar-refractivity contribution in [3.8, 4) is 0 Å². The number of benzene rings is 2. The average molecular weight is 406 g/mol. The van der Waals surface area contributed by atoms with E-state index in [4.69, 9.17) is 0 Å². The van der Waals surface area contributed by atoms with Gasteiger partial charge in [-0.15, -0.1) is 11.8 Å². The van der Waals surface area contributed by atoms with Crippen molar-refractivity contribution in [2.24, 2.45) is 0 Å². The van der Waals surface area contributed by atoms with Crippen LogP contribution < -0.4 is 10.9 Å². The SMILES string of the molecule is O=C(CSCc1nc2ccccc2c(=O)[nH]1)Nc1ccc(Cn2cncn2)cc1. The fraction of sp³-hybridized carbons (Fsp3) is 0.150. The number of H-pyrrole nitrogens is 1. The zero-order valence-electron chi connectivity index (χ0n) is 15.4. The summed E-state index contributed by atoms with van der Waals surface area (Å²) in [5.41, 5.74) is 2.29. The number of para-hydroxylation sites is 1. The van der Waals surface area contributed by atoms with Crippen molar-refractivity contribution in [2.75, 3.05) is 11.1 Å². The Morgan fingerprint density at radius 3 is 2.76 bits per heavy atom. The zero-order valence-corrected chi connectivity index (χ0v) is 16.2. The molecule has 0 bridgehead atoms. The molecule has 146 valence electrons. The predicted molar refractivity (Wildman–Crippen MR) is 113 cm³/mol. The summed E-state index contributed by atoms with van der Waals surface area (Å²) < 4.78 is 1.73. The van der Waals surface area contributed by atoms with E-state index < -0.39 is 0 Å². The third-order valence-corrected chi connectivity index (χ3v) is 5.13. The third-order valence-electron chi connectivity index (χ3n) is 4.18. The Morgan fingerprint density at radius 1 is 1.14 bits per heavy atom. The van der Waals surface area contributed by atoms with Crippen molar-refractivity contribution in [3.63, 3.8) is 0 Å². The number of hydrogen-bond acceptors (Lipinski definition) is 6. The maximum absolute atomic E-state index is 12.2. The molecule has 2 aromatic carbocycles.